The molecular formula is C14H25NNiO2PSY+. The first-order valence-electron chi connectivity index (χ1n) is 5.92. The Morgan fingerprint density at radius 1 is 0.905 bits per heavy atom. The summed E-state index contributed by atoms with van der Waals surface area (Å²) < 4.78 is 28.0. The number of nitrogens with zero attached hydrogens (tertiary/aromatic N) is 1. The molecule has 21 heavy (non-hydrogen) atoms. The molecule has 1 aromatic rings. The van der Waals surface area contributed by atoms with Crippen molar-refractivity contribution in [3.8, 4) is 0 Å². The molecule has 0 N–H and O–H groups in total. The molecular weight excluding hydrogens is 425 g/mol. The minimum absolute atomic E-state index is 0. The second-order valence-corrected chi connectivity index (χ2v) is 9.09. The van der Waals surface area contributed by atoms with Crippen molar-refractivity contribution in [2.24, 2.45) is 0 Å². The van der Waals surface area contributed by atoms with E-state index < -0.39 is 17.9 Å². The summed E-state index contributed by atoms with van der Waals surface area (Å²) in [5.74, 6) is 0. The second-order valence-electron chi connectivity index (χ2n) is 4.86. The fourth-order valence-electron chi connectivity index (χ4n) is 2.29. The maximum absolute atomic E-state index is 12.2. The molecule has 7 heteroatoms. The summed E-state index contributed by atoms with van der Waals surface area (Å²) in [5.41, 5.74) is 4.22. The monoisotopic (exact) mass is 449 g/mol. The van der Waals surface area contributed by atoms with Crippen LogP contribution in [0.3, 0.4) is 0 Å². The molecule has 0 saturated heterocycles. The largest absolute Gasteiger partial charge is 2.00 e. The topological polar surface area (TPSA) is 48.2 Å². The second kappa shape index (κ2) is 10.1. The minimum Gasteiger partial charge on any atom is -0.547 e. The SMILES string of the molecule is C[N-]S(=O)(=O)c1c(C)c(C)c(C)c(C)c1[PH+](C)C.[CH3-].[Ni+2].[Y]. The smallest absolute Gasteiger partial charge is 0.547 e. The third-order valence-electron chi connectivity index (χ3n) is 3.63. The summed E-state index contributed by atoms with van der Waals surface area (Å²) in [6.07, 6.45) is 0. The molecule has 1 radical (unpaired) electrons. The van der Waals surface area contributed by atoms with Gasteiger partial charge in [0, 0.05) is 40.6 Å². The Kier molecular flexibility index (Phi) is 13.0. The third kappa shape index (κ3) is 5.33. The van der Waals surface area contributed by atoms with Crippen molar-refractivity contribution in [1.29, 1.82) is 0 Å². The van der Waals surface area contributed by atoms with E-state index in [1.54, 1.807) is 0 Å². The molecule has 0 spiro atoms. The summed E-state index contributed by atoms with van der Waals surface area (Å²) in [5, 5.41) is 1.01. The van der Waals surface area contributed by atoms with Crippen LogP contribution >= 0.6 is 7.92 Å². The van der Waals surface area contributed by atoms with Crippen LogP contribution in [0.25, 0.3) is 4.72 Å². The standard InChI is InChI=1S/C13H21NO2PS.CH3.Ni.Y/c1-8-9(2)11(4)13(18(15,16)14-5)12(10(8)3)17(6)7;;;/h1-7H3;1H3;;/q2*-1;+2;/p+1. The van der Waals surface area contributed by atoms with E-state index in [0.29, 0.717) is 4.90 Å². The Labute approximate surface area is 167 Å². The van der Waals surface area contributed by atoms with Gasteiger partial charge in [-0.2, -0.15) is 7.05 Å². The summed E-state index contributed by atoms with van der Waals surface area (Å²) in [6, 6.07) is 0. The molecule has 1 aromatic carbocycles. The van der Waals surface area contributed by atoms with Crippen molar-refractivity contribution in [3.63, 3.8) is 0 Å². The molecule has 0 aliphatic rings. The molecule has 0 bridgehead atoms. The summed E-state index contributed by atoms with van der Waals surface area (Å²) in [4.78, 5) is 0.449. The van der Waals surface area contributed by atoms with Crippen LogP contribution in [-0.2, 0) is 59.2 Å². The van der Waals surface area contributed by atoms with Crippen molar-refractivity contribution in [2.45, 2.75) is 32.6 Å². The molecule has 0 heterocycles. The van der Waals surface area contributed by atoms with Crippen LogP contribution in [0.5, 0.6) is 0 Å². The normalized spacial score (nSPS) is 10.5. The Hall–Kier alpha value is 1.16. The number of sulfonamides is 1. The van der Waals surface area contributed by atoms with E-state index in [1.807, 2.05) is 20.8 Å². The van der Waals surface area contributed by atoms with Crippen LogP contribution in [0.4, 0.5) is 0 Å². The van der Waals surface area contributed by atoms with Gasteiger partial charge in [0.05, 0.1) is 18.2 Å². The van der Waals surface area contributed by atoms with Crippen LogP contribution in [-0.4, -0.2) is 28.8 Å². The summed E-state index contributed by atoms with van der Waals surface area (Å²) >= 11 is 0. The van der Waals surface area contributed by atoms with Crippen LogP contribution in [0.2, 0.25) is 0 Å². The molecule has 0 saturated carbocycles. The van der Waals surface area contributed by atoms with Gasteiger partial charge in [0.15, 0.2) is 0 Å². The zero-order valence-electron chi connectivity index (χ0n) is 14.1. The van der Waals surface area contributed by atoms with E-state index in [2.05, 4.69) is 25.0 Å². The van der Waals surface area contributed by atoms with Gasteiger partial charge < -0.3 is 12.1 Å². The molecule has 0 fully saturated rings. The molecule has 1 rings (SSSR count). The first-order chi connectivity index (χ1) is 8.15. The Bertz CT molecular complexity index is 589. The Balaban J connectivity index is -0.00000108. The maximum Gasteiger partial charge on any atom is 2.00 e. The van der Waals surface area contributed by atoms with Crippen LogP contribution in [0.15, 0.2) is 4.90 Å². The molecule has 0 unspecified atom stereocenters. The van der Waals surface area contributed by atoms with Gasteiger partial charge in [0.25, 0.3) is 0 Å². The summed E-state index contributed by atoms with van der Waals surface area (Å²) in [7, 11) is -3.03. The van der Waals surface area contributed by atoms with Crippen molar-refractivity contribution < 1.29 is 57.6 Å². The zero-order valence-corrected chi connectivity index (χ0v) is 19.7. The first kappa shape index (κ1) is 27.0. The minimum atomic E-state index is -3.52. The van der Waals surface area contributed by atoms with Gasteiger partial charge in [-0.1, -0.05) is 0 Å². The summed E-state index contributed by atoms with van der Waals surface area (Å²) in [6.45, 7) is 12.2. The number of hydrogen-bond acceptors (Lipinski definition) is 2. The fourth-order valence-corrected chi connectivity index (χ4v) is 6.01. The quantitative estimate of drug-likeness (QED) is 0.404. The molecule has 0 aliphatic heterocycles. The van der Waals surface area contributed by atoms with E-state index in [9.17, 15) is 8.42 Å². The molecule has 0 atom stereocenters. The van der Waals surface area contributed by atoms with Crippen molar-refractivity contribution in [2.75, 3.05) is 20.4 Å². The van der Waals surface area contributed by atoms with E-state index in [4.69, 9.17) is 0 Å². The number of hydrogen-bond donors (Lipinski definition) is 0. The third-order valence-corrected chi connectivity index (χ3v) is 6.94. The molecule has 121 valence electrons. The van der Waals surface area contributed by atoms with Gasteiger partial charge >= 0.3 is 16.5 Å². The van der Waals surface area contributed by atoms with Crippen LogP contribution in [0.1, 0.15) is 22.3 Å². The number of rotatable bonds is 3. The zero-order chi connectivity index (χ0) is 14.2. The average molecular weight is 450 g/mol. The molecule has 0 amide bonds. The molecule has 0 aliphatic carbocycles. The maximum atomic E-state index is 12.2. The Morgan fingerprint density at radius 3 is 1.62 bits per heavy atom. The van der Waals surface area contributed by atoms with E-state index >= 15 is 0 Å². The van der Waals surface area contributed by atoms with Crippen LogP contribution < -0.4 is 5.30 Å². The van der Waals surface area contributed by atoms with Gasteiger partial charge in [-0.3, -0.25) is 0 Å². The predicted octanol–water partition coefficient (Wildman–Crippen LogP) is 3.16. The van der Waals surface area contributed by atoms with Gasteiger partial charge in [-0.15, -0.1) is 0 Å². The van der Waals surface area contributed by atoms with E-state index in [-0.39, 0.29) is 56.6 Å². The number of benzene rings is 1. The fraction of sp³-hybridized carbons (Fsp3) is 0.500. The van der Waals surface area contributed by atoms with Gasteiger partial charge in [-0.25, -0.2) is 8.42 Å². The van der Waals surface area contributed by atoms with Crippen LogP contribution in [0, 0.1) is 35.1 Å². The molecule has 3 nitrogen and oxygen atoms in total. The van der Waals surface area contributed by atoms with Crippen molar-refractivity contribution in [1.82, 2.24) is 0 Å². The van der Waals surface area contributed by atoms with E-state index in [0.717, 1.165) is 22.0 Å². The first-order valence-corrected chi connectivity index (χ1v) is 9.86. The van der Waals surface area contributed by atoms with Gasteiger partial charge in [0.1, 0.15) is 15.3 Å². The predicted molar refractivity (Wildman–Crippen MR) is 88.1 cm³/mol. The van der Waals surface area contributed by atoms with E-state index in [1.165, 1.54) is 12.6 Å². The Morgan fingerprint density at radius 2 is 1.29 bits per heavy atom. The van der Waals surface area contributed by atoms with Crippen molar-refractivity contribution >= 4 is 23.2 Å². The molecule has 0 aromatic heterocycles. The van der Waals surface area contributed by atoms with Crippen molar-refractivity contribution in [3.05, 3.63) is 34.4 Å². The van der Waals surface area contributed by atoms with Gasteiger partial charge in [-0.05, 0) is 49.9 Å². The average Bonchev–Trinajstić information content (AvgIpc) is 2.29. The van der Waals surface area contributed by atoms with Gasteiger partial charge in [0.2, 0.25) is 0 Å².